The number of hydrogen-bond acceptors (Lipinski definition) is 4. The minimum atomic E-state index is -3.63. The summed E-state index contributed by atoms with van der Waals surface area (Å²) in [6.07, 6.45) is 0.0939. The molecule has 1 aliphatic rings. The molecule has 1 N–H and O–H groups in total. The molecule has 0 saturated carbocycles. The van der Waals surface area contributed by atoms with Crippen molar-refractivity contribution in [1.29, 1.82) is 0 Å². The van der Waals surface area contributed by atoms with Gasteiger partial charge in [0.05, 0.1) is 18.1 Å². The van der Waals surface area contributed by atoms with Crippen LogP contribution in [-0.4, -0.2) is 34.5 Å². The van der Waals surface area contributed by atoms with Crippen LogP contribution in [0.1, 0.15) is 12.0 Å². The van der Waals surface area contributed by atoms with Crippen LogP contribution < -0.4 is 4.72 Å². The van der Waals surface area contributed by atoms with E-state index in [4.69, 9.17) is 9.47 Å². The van der Waals surface area contributed by atoms with Crippen molar-refractivity contribution in [2.75, 3.05) is 19.8 Å². The summed E-state index contributed by atoms with van der Waals surface area (Å²) in [5.74, 6) is -0.454. The third-order valence-corrected chi connectivity index (χ3v) is 4.41. The summed E-state index contributed by atoms with van der Waals surface area (Å²) in [5.41, 5.74) is 0.376. The number of nitrogens with one attached hydrogen (secondary N) is 1. The Balaban J connectivity index is 1.97. The van der Waals surface area contributed by atoms with Crippen molar-refractivity contribution < 1.29 is 22.3 Å². The van der Waals surface area contributed by atoms with Crippen molar-refractivity contribution in [3.05, 3.63) is 29.6 Å². The highest BCUT2D eigenvalue weighted by molar-refractivity contribution is 7.89. The van der Waals surface area contributed by atoms with E-state index < -0.39 is 15.8 Å². The number of ether oxygens (including phenoxy) is 2. The van der Waals surface area contributed by atoms with Crippen LogP contribution in [0.15, 0.2) is 23.1 Å². The predicted molar refractivity (Wildman–Crippen MR) is 66.6 cm³/mol. The van der Waals surface area contributed by atoms with Crippen molar-refractivity contribution in [2.45, 2.75) is 24.5 Å². The third-order valence-electron chi connectivity index (χ3n) is 2.79. The van der Waals surface area contributed by atoms with E-state index >= 15 is 0 Å². The van der Waals surface area contributed by atoms with Crippen LogP contribution >= 0.6 is 0 Å². The zero-order valence-electron chi connectivity index (χ0n) is 10.6. The van der Waals surface area contributed by atoms with Gasteiger partial charge in [0.25, 0.3) is 0 Å². The SMILES string of the molecule is Cc1cc(F)ccc1S(=O)(=O)NCCC1OCCO1. The van der Waals surface area contributed by atoms with Gasteiger partial charge in [0, 0.05) is 13.0 Å². The lowest BCUT2D eigenvalue weighted by Crippen LogP contribution is -2.28. The molecule has 1 fully saturated rings. The first-order chi connectivity index (χ1) is 8.99. The number of sulfonamides is 1. The summed E-state index contributed by atoms with van der Waals surface area (Å²) >= 11 is 0. The van der Waals surface area contributed by atoms with Crippen molar-refractivity contribution >= 4 is 10.0 Å². The molecular weight excluding hydrogens is 273 g/mol. The highest BCUT2D eigenvalue weighted by Crippen LogP contribution is 2.16. The molecule has 1 aromatic rings. The highest BCUT2D eigenvalue weighted by Gasteiger charge is 2.19. The molecule has 1 saturated heterocycles. The fraction of sp³-hybridized carbons (Fsp3) is 0.500. The van der Waals surface area contributed by atoms with Gasteiger partial charge in [0.15, 0.2) is 6.29 Å². The quantitative estimate of drug-likeness (QED) is 0.884. The lowest BCUT2D eigenvalue weighted by atomic mass is 10.2. The molecule has 0 atom stereocenters. The monoisotopic (exact) mass is 289 g/mol. The van der Waals surface area contributed by atoms with Gasteiger partial charge >= 0.3 is 0 Å². The van der Waals surface area contributed by atoms with Crippen LogP contribution in [0.25, 0.3) is 0 Å². The molecule has 0 unspecified atom stereocenters. The second kappa shape index (κ2) is 5.96. The van der Waals surface area contributed by atoms with Gasteiger partial charge < -0.3 is 9.47 Å². The smallest absolute Gasteiger partial charge is 0.240 e. The number of benzene rings is 1. The van der Waals surface area contributed by atoms with Gasteiger partial charge in [-0.3, -0.25) is 0 Å². The minimum absolute atomic E-state index is 0.0853. The zero-order valence-corrected chi connectivity index (χ0v) is 11.4. The normalized spacial score (nSPS) is 16.9. The minimum Gasteiger partial charge on any atom is -0.350 e. The molecule has 19 heavy (non-hydrogen) atoms. The first-order valence-corrected chi connectivity index (χ1v) is 7.46. The summed E-state index contributed by atoms with van der Waals surface area (Å²) in [6.45, 7) is 2.84. The molecule has 1 aromatic carbocycles. The van der Waals surface area contributed by atoms with Gasteiger partial charge in [-0.2, -0.15) is 0 Å². The topological polar surface area (TPSA) is 64.6 Å². The lowest BCUT2D eigenvalue weighted by Gasteiger charge is -2.11. The number of halogens is 1. The van der Waals surface area contributed by atoms with Crippen molar-refractivity contribution in [2.24, 2.45) is 0 Å². The van der Waals surface area contributed by atoms with Gasteiger partial charge in [-0.25, -0.2) is 17.5 Å². The maximum absolute atomic E-state index is 12.9. The summed E-state index contributed by atoms with van der Waals surface area (Å²) in [5, 5.41) is 0. The predicted octanol–water partition coefficient (Wildman–Crippen LogP) is 1.18. The molecule has 0 aliphatic carbocycles. The Bertz CT molecular complexity index is 541. The third kappa shape index (κ3) is 3.73. The van der Waals surface area contributed by atoms with Crippen LogP contribution in [0, 0.1) is 12.7 Å². The Kier molecular flexibility index (Phi) is 4.51. The van der Waals surface area contributed by atoms with Crippen LogP contribution in [0.3, 0.4) is 0 Å². The lowest BCUT2D eigenvalue weighted by molar-refractivity contribution is -0.0451. The first-order valence-electron chi connectivity index (χ1n) is 5.98. The van der Waals surface area contributed by atoms with E-state index in [0.29, 0.717) is 25.2 Å². The van der Waals surface area contributed by atoms with E-state index in [2.05, 4.69) is 4.72 Å². The molecule has 2 rings (SSSR count). The molecule has 0 spiro atoms. The van der Waals surface area contributed by atoms with Gasteiger partial charge in [0.2, 0.25) is 10.0 Å². The van der Waals surface area contributed by atoms with E-state index in [0.717, 1.165) is 6.07 Å². The van der Waals surface area contributed by atoms with Gasteiger partial charge in [0.1, 0.15) is 5.82 Å². The Morgan fingerprint density at radius 1 is 1.37 bits per heavy atom. The van der Waals surface area contributed by atoms with Gasteiger partial charge in [-0.15, -0.1) is 0 Å². The molecule has 0 bridgehead atoms. The summed E-state index contributed by atoms with van der Waals surface area (Å²) < 4.78 is 49.9. The molecule has 106 valence electrons. The van der Waals surface area contributed by atoms with Crippen LogP contribution in [0.2, 0.25) is 0 Å². The summed E-state index contributed by atoms with van der Waals surface area (Å²) in [4.78, 5) is 0.0853. The van der Waals surface area contributed by atoms with Crippen molar-refractivity contribution in [1.82, 2.24) is 4.72 Å². The Labute approximate surface area is 111 Å². The molecule has 0 aromatic heterocycles. The molecule has 5 nitrogen and oxygen atoms in total. The Morgan fingerprint density at radius 3 is 2.68 bits per heavy atom. The van der Waals surface area contributed by atoms with E-state index in [1.807, 2.05) is 0 Å². The number of rotatable bonds is 5. The second-order valence-electron chi connectivity index (χ2n) is 4.27. The van der Waals surface area contributed by atoms with Crippen LogP contribution in [0.4, 0.5) is 4.39 Å². The molecule has 0 amide bonds. The Hall–Kier alpha value is -1.02. The molecule has 1 aliphatic heterocycles. The largest absolute Gasteiger partial charge is 0.350 e. The Morgan fingerprint density at radius 2 is 2.05 bits per heavy atom. The van der Waals surface area contributed by atoms with E-state index in [-0.39, 0.29) is 17.7 Å². The van der Waals surface area contributed by atoms with Gasteiger partial charge in [-0.1, -0.05) is 0 Å². The molecular formula is C12H16FNO4S. The summed E-state index contributed by atoms with van der Waals surface area (Å²) in [7, 11) is -3.63. The van der Waals surface area contributed by atoms with E-state index in [1.54, 1.807) is 6.92 Å². The van der Waals surface area contributed by atoms with E-state index in [9.17, 15) is 12.8 Å². The second-order valence-corrected chi connectivity index (χ2v) is 6.00. The fourth-order valence-electron chi connectivity index (χ4n) is 1.88. The van der Waals surface area contributed by atoms with Crippen LogP contribution in [-0.2, 0) is 19.5 Å². The molecule has 7 heteroatoms. The maximum Gasteiger partial charge on any atom is 0.240 e. The first kappa shape index (κ1) is 14.4. The average Bonchev–Trinajstić information content (AvgIpc) is 2.81. The number of aryl methyl sites for hydroxylation is 1. The molecule has 0 radical (unpaired) electrons. The van der Waals surface area contributed by atoms with Crippen molar-refractivity contribution in [3.63, 3.8) is 0 Å². The number of hydrogen-bond donors (Lipinski definition) is 1. The fourth-order valence-corrected chi connectivity index (χ4v) is 3.15. The summed E-state index contributed by atoms with van der Waals surface area (Å²) in [6, 6.07) is 3.58. The average molecular weight is 289 g/mol. The highest BCUT2D eigenvalue weighted by atomic mass is 32.2. The maximum atomic E-state index is 12.9. The van der Waals surface area contributed by atoms with Crippen molar-refractivity contribution in [3.8, 4) is 0 Å². The molecule has 1 heterocycles. The van der Waals surface area contributed by atoms with Gasteiger partial charge in [-0.05, 0) is 30.7 Å². The van der Waals surface area contributed by atoms with E-state index in [1.165, 1.54) is 12.1 Å². The standard InChI is InChI=1S/C12H16FNO4S/c1-9-8-10(13)2-3-11(9)19(15,16)14-5-4-12-17-6-7-18-12/h2-3,8,12,14H,4-7H2,1H3. The van der Waals surface area contributed by atoms with Crippen LogP contribution in [0.5, 0.6) is 0 Å². The zero-order chi connectivity index (χ0) is 13.9.